The van der Waals surface area contributed by atoms with Gasteiger partial charge in [-0.2, -0.15) is 11.8 Å². The van der Waals surface area contributed by atoms with Crippen LogP contribution in [0, 0.1) is 6.92 Å². The lowest BCUT2D eigenvalue weighted by atomic mass is 10.1. The fraction of sp³-hybridized carbons (Fsp3) is 0.500. The van der Waals surface area contributed by atoms with Gasteiger partial charge in [0, 0.05) is 10.9 Å². The van der Waals surface area contributed by atoms with E-state index in [0.29, 0.717) is 0 Å². The highest BCUT2D eigenvalue weighted by Crippen LogP contribution is 2.25. The highest BCUT2D eigenvalue weighted by molar-refractivity contribution is 9.08. The van der Waals surface area contributed by atoms with Crippen LogP contribution in [0.5, 0.6) is 5.75 Å². The van der Waals surface area contributed by atoms with Gasteiger partial charge in [0.2, 0.25) is 0 Å². The zero-order valence-electron chi connectivity index (χ0n) is 9.25. The minimum atomic E-state index is 0.811. The third-order valence-corrected chi connectivity index (χ3v) is 3.48. The number of benzene rings is 1. The predicted molar refractivity (Wildman–Crippen MR) is 72.3 cm³/mol. The average Bonchev–Trinajstić information content (AvgIpc) is 2.26. The van der Waals surface area contributed by atoms with Crippen molar-refractivity contribution < 1.29 is 4.74 Å². The van der Waals surface area contributed by atoms with Crippen molar-refractivity contribution in [1.82, 2.24) is 0 Å². The summed E-state index contributed by atoms with van der Waals surface area (Å²) < 4.78 is 5.82. The van der Waals surface area contributed by atoms with E-state index >= 15 is 0 Å². The Bertz CT molecular complexity index is 302. The van der Waals surface area contributed by atoms with E-state index in [1.165, 1.54) is 11.1 Å². The van der Waals surface area contributed by atoms with Crippen molar-refractivity contribution in [2.75, 3.05) is 18.6 Å². The van der Waals surface area contributed by atoms with Crippen molar-refractivity contribution in [1.29, 1.82) is 0 Å². The van der Waals surface area contributed by atoms with Crippen molar-refractivity contribution in [3.63, 3.8) is 0 Å². The maximum atomic E-state index is 5.82. The molecule has 0 saturated carbocycles. The van der Waals surface area contributed by atoms with Crippen LogP contribution < -0.4 is 4.74 Å². The molecular weight excluding hydrogens is 272 g/mol. The highest BCUT2D eigenvalue weighted by Gasteiger charge is 2.05. The first-order valence-electron chi connectivity index (χ1n) is 5.05. The van der Waals surface area contributed by atoms with Crippen LogP contribution in [0.2, 0.25) is 0 Å². The fourth-order valence-corrected chi connectivity index (χ4v) is 2.25. The summed E-state index contributed by atoms with van der Waals surface area (Å²) >= 11 is 5.34. The van der Waals surface area contributed by atoms with Crippen molar-refractivity contribution in [2.24, 2.45) is 0 Å². The standard InChI is InChI=1S/C12H17BrOS/c1-10-5-3-6-11(9-13)12(10)14-7-4-8-15-2/h3,5-6H,4,7-9H2,1-2H3. The molecule has 0 radical (unpaired) electrons. The topological polar surface area (TPSA) is 9.23 Å². The second-order valence-corrected chi connectivity index (χ2v) is 4.94. The van der Waals surface area contributed by atoms with Gasteiger partial charge in [-0.25, -0.2) is 0 Å². The zero-order valence-corrected chi connectivity index (χ0v) is 11.7. The van der Waals surface area contributed by atoms with Gasteiger partial charge < -0.3 is 4.74 Å². The first kappa shape index (κ1) is 12.9. The molecule has 0 N–H and O–H groups in total. The Kier molecular flexibility index (Phi) is 6.18. The lowest BCUT2D eigenvalue weighted by Crippen LogP contribution is -2.02. The van der Waals surface area contributed by atoms with Gasteiger partial charge in [0.1, 0.15) is 5.75 Å². The number of rotatable bonds is 6. The Hall–Kier alpha value is -0.150. The largest absolute Gasteiger partial charge is 0.493 e. The van der Waals surface area contributed by atoms with E-state index in [1.807, 2.05) is 11.8 Å². The average molecular weight is 289 g/mol. The lowest BCUT2D eigenvalue weighted by Gasteiger charge is -2.12. The molecule has 1 aromatic rings. The Morgan fingerprint density at radius 2 is 2.20 bits per heavy atom. The molecule has 1 nitrogen and oxygen atoms in total. The molecule has 0 unspecified atom stereocenters. The fourth-order valence-electron chi connectivity index (χ4n) is 1.40. The van der Waals surface area contributed by atoms with Gasteiger partial charge >= 0.3 is 0 Å². The van der Waals surface area contributed by atoms with Gasteiger partial charge in [-0.1, -0.05) is 34.1 Å². The summed E-state index contributed by atoms with van der Waals surface area (Å²) in [6.45, 7) is 2.90. The SMILES string of the molecule is CSCCCOc1c(C)cccc1CBr. The van der Waals surface area contributed by atoms with Crippen LogP contribution in [-0.4, -0.2) is 18.6 Å². The van der Waals surface area contributed by atoms with Crippen LogP contribution in [0.3, 0.4) is 0 Å². The number of alkyl halides is 1. The van der Waals surface area contributed by atoms with Gasteiger partial charge in [0.05, 0.1) is 6.61 Å². The summed E-state index contributed by atoms with van der Waals surface area (Å²) in [6.07, 6.45) is 3.23. The Labute approximate surface area is 105 Å². The van der Waals surface area contributed by atoms with Gasteiger partial charge in [0.25, 0.3) is 0 Å². The summed E-state index contributed by atoms with van der Waals surface area (Å²) in [5.74, 6) is 2.21. The van der Waals surface area contributed by atoms with Gasteiger partial charge in [-0.15, -0.1) is 0 Å². The smallest absolute Gasteiger partial charge is 0.126 e. The number of para-hydroxylation sites is 1. The van der Waals surface area contributed by atoms with Gasteiger partial charge in [-0.3, -0.25) is 0 Å². The van der Waals surface area contributed by atoms with Crippen LogP contribution in [0.25, 0.3) is 0 Å². The molecule has 15 heavy (non-hydrogen) atoms. The number of hydrogen-bond donors (Lipinski definition) is 0. The molecule has 0 amide bonds. The Balaban J connectivity index is 2.58. The van der Waals surface area contributed by atoms with Crippen LogP contribution in [-0.2, 0) is 5.33 Å². The first-order chi connectivity index (χ1) is 7.29. The monoisotopic (exact) mass is 288 g/mol. The molecule has 0 aliphatic carbocycles. The van der Waals surface area contributed by atoms with E-state index in [9.17, 15) is 0 Å². The number of aryl methyl sites for hydroxylation is 1. The van der Waals surface area contributed by atoms with Gasteiger partial charge in [0.15, 0.2) is 0 Å². The van der Waals surface area contributed by atoms with Crippen molar-refractivity contribution in [3.8, 4) is 5.75 Å². The maximum Gasteiger partial charge on any atom is 0.126 e. The minimum absolute atomic E-state index is 0.811. The summed E-state index contributed by atoms with van der Waals surface area (Å²) in [7, 11) is 0. The number of halogens is 1. The van der Waals surface area contributed by atoms with Crippen molar-refractivity contribution in [2.45, 2.75) is 18.7 Å². The zero-order chi connectivity index (χ0) is 11.1. The second-order valence-electron chi connectivity index (χ2n) is 3.39. The summed E-state index contributed by atoms with van der Waals surface area (Å²) in [4.78, 5) is 0. The predicted octanol–water partition coefficient (Wildman–Crippen LogP) is 4.02. The molecule has 0 saturated heterocycles. The third-order valence-electron chi connectivity index (χ3n) is 2.18. The molecule has 0 spiro atoms. The number of hydrogen-bond acceptors (Lipinski definition) is 2. The maximum absolute atomic E-state index is 5.82. The van der Waals surface area contributed by atoms with Crippen LogP contribution in [0.15, 0.2) is 18.2 Å². The van der Waals surface area contributed by atoms with Crippen molar-refractivity contribution in [3.05, 3.63) is 29.3 Å². The van der Waals surface area contributed by atoms with Crippen LogP contribution in [0.4, 0.5) is 0 Å². The first-order valence-corrected chi connectivity index (χ1v) is 7.57. The highest BCUT2D eigenvalue weighted by atomic mass is 79.9. The lowest BCUT2D eigenvalue weighted by molar-refractivity contribution is 0.314. The molecule has 0 heterocycles. The van der Waals surface area contributed by atoms with E-state index in [0.717, 1.165) is 29.9 Å². The third kappa shape index (κ3) is 4.07. The quantitative estimate of drug-likeness (QED) is 0.578. The molecule has 1 rings (SSSR count). The van der Waals surface area contributed by atoms with E-state index in [1.54, 1.807) is 0 Å². The van der Waals surface area contributed by atoms with Crippen LogP contribution >= 0.6 is 27.7 Å². The molecule has 0 bridgehead atoms. The summed E-state index contributed by atoms with van der Waals surface area (Å²) in [6, 6.07) is 6.27. The summed E-state index contributed by atoms with van der Waals surface area (Å²) in [5, 5.41) is 0.854. The molecular formula is C12H17BrOS. The molecule has 3 heteroatoms. The van der Waals surface area contributed by atoms with E-state index in [2.05, 4.69) is 47.3 Å². The van der Waals surface area contributed by atoms with Crippen molar-refractivity contribution >= 4 is 27.7 Å². The van der Waals surface area contributed by atoms with E-state index < -0.39 is 0 Å². The molecule has 1 aromatic carbocycles. The molecule has 84 valence electrons. The molecule has 0 aliphatic rings. The second kappa shape index (κ2) is 7.18. The van der Waals surface area contributed by atoms with E-state index in [-0.39, 0.29) is 0 Å². The van der Waals surface area contributed by atoms with Crippen LogP contribution in [0.1, 0.15) is 17.5 Å². The summed E-state index contributed by atoms with van der Waals surface area (Å²) in [5.41, 5.74) is 2.45. The molecule has 0 aliphatic heterocycles. The molecule has 0 fully saturated rings. The minimum Gasteiger partial charge on any atom is -0.493 e. The Morgan fingerprint density at radius 1 is 1.40 bits per heavy atom. The van der Waals surface area contributed by atoms with E-state index in [4.69, 9.17) is 4.74 Å². The Morgan fingerprint density at radius 3 is 2.87 bits per heavy atom. The number of ether oxygens (including phenoxy) is 1. The van der Waals surface area contributed by atoms with Gasteiger partial charge in [-0.05, 0) is 30.9 Å². The molecule has 0 atom stereocenters. The normalized spacial score (nSPS) is 10.3. The molecule has 0 aromatic heterocycles. The number of thioether (sulfide) groups is 1.